The number of hydrogen-bond donors (Lipinski definition) is 3. The summed E-state index contributed by atoms with van der Waals surface area (Å²) in [6, 6.07) is 12.6. The molecule has 2 aromatic rings. The summed E-state index contributed by atoms with van der Waals surface area (Å²) in [5, 5.41) is 2.80. The summed E-state index contributed by atoms with van der Waals surface area (Å²) in [7, 11) is 0. The van der Waals surface area contributed by atoms with E-state index in [0.29, 0.717) is 11.4 Å². The lowest BCUT2D eigenvalue weighted by Crippen LogP contribution is -2.15. The Bertz CT molecular complexity index is 554. The van der Waals surface area contributed by atoms with Gasteiger partial charge < -0.3 is 10.7 Å². The molecule has 18 heavy (non-hydrogen) atoms. The fourth-order valence-electron chi connectivity index (χ4n) is 1.60. The van der Waals surface area contributed by atoms with Gasteiger partial charge >= 0.3 is 0 Å². The molecule has 0 aliphatic heterocycles. The minimum absolute atomic E-state index is 0.191. The molecule has 0 saturated carbocycles. The zero-order valence-electron chi connectivity index (χ0n) is 9.97. The third kappa shape index (κ3) is 2.83. The van der Waals surface area contributed by atoms with Crippen LogP contribution >= 0.6 is 0 Å². The van der Waals surface area contributed by atoms with E-state index in [1.54, 1.807) is 19.1 Å². The number of anilines is 2. The number of rotatable bonds is 3. The van der Waals surface area contributed by atoms with E-state index in [2.05, 4.69) is 15.7 Å². The van der Waals surface area contributed by atoms with Crippen molar-refractivity contribution in [1.29, 1.82) is 0 Å². The summed E-state index contributed by atoms with van der Waals surface area (Å²) < 4.78 is 0. The predicted molar refractivity (Wildman–Crippen MR) is 71.2 cm³/mol. The first kappa shape index (κ1) is 12.1. The first-order valence-corrected chi connectivity index (χ1v) is 5.51. The van der Waals surface area contributed by atoms with Gasteiger partial charge in [-0.3, -0.25) is 4.79 Å². The number of nitrogens with one attached hydrogen (secondary N) is 2. The van der Waals surface area contributed by atoms with Crippen LogP contribution in [-0.4, -0.2) is 10.9 Å². The minimum atomic E-state index is -0.191. The number of carbonyl (C=O) groups excluding carboxylic acids is 1. The summed E-state index contributed by atoms with van der Waals surface area (Å²) in [5.74, 6) is 5.57. The molecule has 92 valence electrons. The van der Waals surface area contributed by atoms with Crippen molar-refractivity contribution in [2.45, 2.75) is 6.92 Å². The third-order valence-electron chi connectivity index (χ3n) is 2.40. The van der Waals surface area contributed by atoms with Crippen LogP contribution in [0.15, 0.2) is 42.5 Å². The molecule has 0 spiro atoms. The number of aromatic nitrogens is 1. The van der Waals surface area contributed by atoms with Gasteiger partial charge in [-0.15, -0.1) is 0 Å². The number of hydrogen-bond acceptors (Lipinski definition) is 4. The number of carbonyl (C=O) groups is 1. The summed E-state index contributed by atoms with van der Waals surface area (Å²) >= 11 is 0. The van der Waals surface area contributed by atoms with Gasteiger partial charge in [0.1, 0.15) is 5.82 Å². The fourth-order valence-corrected chi connectivity index (χ4v) is 1.60. The van der Waals surface area contributed by atoms with Gasteiger partial charge in [0.15, 0.2) is 0 Å². The van der Waals surface area contributed by atoms with Crippen molar-refractivity contribution in [3.63, 3.8) is 0 Å². The fraction of sp³-hybridized carbons (Fsp3) is 0.0769. The number of nitrogens with zero attached hydrogens (tertiary/aromatic N) is 1. The molecule has 0 fully saturated rings. The molecular formula is C13H14N4O. The second-order valence-electron chi connectivity index (χ2n) is 3.85. The second kappa shape index (κ2) is 5.29. The van der Waals surface area contributed by atoms with Gasteiger partial charge in [0.05, 0.1) is 0 Å². The van der Waals surface area contributed by atoms with Crippen LogP contribution in [0.3, 0.4) is 0 Å². The van der Waals surface area contributed by atoms with Crippen molar-refractivity contribution in [3.8, 4) is 0 Å². The molecule has 1 heterocycles. The van der Waals surface area contributed by atoms with E-state index in [1.165, 1.54) is 0 Å². The number of amides is 1. The van der Waals surface area contributed by atoms with Crippen LogP contribution in [0.25, 0.3) is 0 Å². The largest absolute Gasteiger partial charge is 0.322 e. The van der Waals surface area contributed by atoms with Crippen molar-refractivity contribution < 1.29 is 4.79 Å². The van der Waals surface area contributed by atoms with Crippen molar-refractivity contribution >= 4 is 17.4 Å². The van der Waals surface area contributed by atoms with Crippen LogP contribution in [0, 0.1) is 6.92 Å². The molecule has 0 aliphatic carbocycles. The zero-order chi connectivity index (χ0) is 13.0. The lowest BCUT2D eigenvalue weighted by molar-refractivity contribution is 0.102. The SMILES string of the molecule is Cc1cc(C(=O)Nc2ccccc2)cc(NN)n1. The molecule has 0 saturated heterocycles. The lowest BCUT2D eigenvalue weighted by atomic mass is 10.2. The van der Waals surface area contributed by atoms with E-state index in [4.69, 9.17) is 5.84 Å². The highest BCUT2D eigenvalue weighted by molar-refractivity contribution is 6.04. The van der Waals surface area contributed by atoms with Crippen LogP contribution in [0.4, 0.5) is 11.5 Å². The molecule has 0 atom stereocenters. The average molecular weight is 242 g/mol. The van der Waals surface area contributed by atoms with Crippen LogP contribution in [0.2, 0.25) is 0 Å². The summed E-state index contributed by atoms with van der Waals surface area (Å²) in [6.45, 7) is 1.81. The van der Waals surface area contributed by atoms with E-state index < -0.39 is 0 Å². The van der Waals surface area contributed by atoms with Crippen LogP contribution < -0.4 is 16.6 Å². The molecule has 1 aromatic carbocycles. The molecule has 0 radical (unpaired) electrons. The number of pyridine rings is 1. The van der Waals surface area contributed by atoms with Crippen LogP contribution in [-0.2, 0) is 0 Å². The normalized spacial score (nSPS) is 9.89. The Morgan fingerprint density at radius 1 is 1.22 bits per heavy atom. The molecule has 5 nitrogen and oxygen atoms in total. The average Bonchev–Trinajstić information content (AvgIpc) is 2.39. The minimum Gasteiger partial charge on any atom is -0.322 e. The van der Waals surface area contributed by atoms with Crippen molar-refractivity contribution in [1.82, 2.24) is 4.98 Å². The Morgan fingerprint density at radius 3 is 2.61 bits per heavy atom. The third-order valence-corrected chi connectivity index (χ3v) is 2.40. The van der Waals surface area contributed by atoms with Gasteiger partial charge in [0.2, 0.25) is 0 Å². The van der Waals surface area contributed by atoms with Crippen molar-refractivity contribution in [2.24, 2.45) is 5.84 Å². The Kier molecular flexibility index (Phi) is 3.54. The van der Waals surface area contributed by atoms with E-state index in [-0.39, 0.29) is 5.91 Å². The number of benzene rings is 1. The van der Waals surface area contributed by atoms with Crippen LogP contribution in [0.5, 0.6) is 0 Å². The molecule has 5 heteroatoms. The highest BCUT2D eigenvalue weighted by Gasteiger charge is 2.08. The molecular weight excluding hydrogens is 228 g/mol. The van der Waals surface area contributed by atoms with Gasteiger partial charge in [0, 0.05) is 16.9 Å². The summed E-state index contributed by atoms with van der Waals surface area (Å²) in [6.07, 6.45) is 0. The summed E-state index contributed by atoms with van der Waals surface area (Å²) in [5.41, 5.74) is 4.42. The number of para-hydroxylation sites is 1. The van der Waals surface area contributed by atoms with E-state index >= 15 is 0 Å². The van der Waals surface area contributed by atoms with Gasteiger partial charge in [-0.2, -0.15) is 0 Å². The number of aryl methyl sites for hydroxylation is 1. The first-order valence-electron chi connectivity index (χ1n) is 5.51. The van der Waals surface area contributed by atoms with Gasteiger partial charge in [0.25, 0.3) is 5.91 Å². The van der Waals surface area contributed by atoms with E-state index in [1.807, 2.05) is 30.3 Å². The standard InChI is InChI=1S/C13H14N4O/c1-9-7-10(8-12(15-9)17-14)13(18)16-11-5-3-2-4-6-11/h2-8H,14H2,1H3,(H,15,17)(H,16,18). The Morgan fingerprint density at radius 2 is 1.94 bits per heavy atom. The topological polar surface area (TPSA) is 80.0 Å². The van der Waals surface area contributed by atoms with Crippen molar-refractivity contribution in [3.05, 3.63) is 53.7 Å². The molecule has 0 aliphatic rings. The number of hydrazine groups is 1. The molecule has 2 rings (SSSR count). The second-order valence-corrected chi connectivity index (χ2v) is 3.85. The van der Waals surface area contributed by atoms with Crippen molar-refractivity contribution in [2.75, 3.05) is 10.7 Å². The molecule has 4 N–H and O–H groups in total. The Labute approximate surface area is 105 Å². The van der Waals surface area contributed by atoms with Gasteiger partial charge in [-0.1, -0.05) is 18.2 Å². The highest BCUT2D eigenvalue weighted by atomic mass is 16.1. The van der Waals surface area contributed by atoms with E-state index in [0.717, 1.165) is 11.4 Å². The maximum absolute atomic E-state index is 12.0. The lowest BCUT2D eigenvalue weighted by Gasteiger charge is -2.07. The number of nitrogen functional groups attached to an aromatic ring is 1. The molecule has 0 bridgehead atoms. The molecule has 0 unspecified atom stereocenters. The maximum Gasteiger partial charge on any atom is 0.255 e. The highest BCUT2D eigenvalue weighted by Crippen LogP contribution is 2.12. The monoisotopic (exact) mass is 242 g/mol. The van der Waals surface area contributed by atoms with E-state index in [9.17, 15) is 4.79 Å². The smallest absolute Gasteiger partial charge is 0.255 e. The summed E-state index contributed by atoms with van der Waals surface area (Å²) in [4.78, 5) is 16.2. The molecule has 1 aromatic heterocycles. The molecule has 1 amide bonds. The Hall–Kier alpha value is -2.40. The first-order chi connectivity index (χ1) is 8.69. The maximum atomic E-state index is 12.0. The zero-order valence-corrected chi connectivity index (χ0v) is 9.97. The Balaban J connectivity index is 2.21. The number of nitrogens with two attached hydrogens (primary N) is 1. The van der Waals surface area contributed by atoms with Gasteiger partial charge in [-0.25, -0.2) is 10.8 Å². The quantitative estimate of drug-likeness (QED) is 0.567. The van der Waals surface area contributed by atoms with Gasteiger partial charge in [-0.05, 0) is 31.2 Å². The van der Waals surface area contributed by atoms with Crippen LogP contribution in [0.1, 0.15) is 16.1 Å². The predicted octanol–water partition coefficient (Wildman–Crippen LogP) is 1.93.